The van der Waals surface area contributed by atoms with Gasteiger partial charge in [-0.2, -0.15) is 0 Å². The topological polar surface area (TPSA) is 33.2 Å². The summed E-state index contributed by atoms with van der Waals surface area (Å²) in [7, 11) is 1.82. The monoisotopic (exact) mass is 334 g/mol. The van der Waals surface area contributed by atoms with Crippen molar-refractivity contribution in [1.82, 2.24) is 4.98 Å². The van der Waals surface area contributed by atoms with E-state index in [1.165, 1.54) is 17.8 Å². The second-order valence-corrected chi connectivity index (χ2v) is 7.14. The Labute approximate surface area is 139 Å². The van der Waals surface area contributed by atoms with Gasteiger partial charge in [0.1, 0.15) is 0 Å². The lowest BCUT2D eigenvalue weighted by Gasteiger charge is -2.38. The highest BCUT2D eigenvalue weighted by Crippen LogP contribution is 2.42. The summed E-state index contributed by atoms with van der Waals surface area (Å²) in [5, 5.41) is 3.33. The zero-order valence-electron chi connectivity index (χ0n) is 12.6. The molecule has 1 aromatic carbocycles. The van der Waals surface area contributed by atoms with Crippen molar-refractivity contribution in [2.45, 2.75) is 37.5 Å². The maximum absolute atomic E-state index is 13.3. The molecular formula is C17H19ClN2OS. The highest BCUT2D eigenvalue weighted by molar-refractivity contribution is 7.13. The van der Waals surface area contributed by atoms with Crippen molar-refractivity contribution in [2.24, 2.45) is 0 Å². The molecular weight excluding hydrogens is 316 g/mol. The third-order valence-corrected chi connectivity index (χ3v) is 5.59. The van der Waals surface area contributed by atoms with E-state index in [1.54, 1.807) is 11.1 Å². The predicted molar refractivity (Wildman–Crippen MR) is 91.7 cm³/mol. The summed E-state index contributed by atoms with van der Waals surface area (Å²) < 4.78 is 0. The lowest BCUT2D eigenvalue weighted by atomic mass is 9.68. The second kappa shape index (κ2) is 6.39. The van der Waals surface area contributed by atoms with Crippen LogP contribution in [0.15, 0.2) is 35.8 Å². The van der Waals surface area contributed by atoms with Crippen LogP contribution >= 0.6 is 22.9 Å². The van der Waals surface area contributed by atoms with E-state index in [0.29, 0.717) is 5.02 Å². The van der Waals surface area contributed by atoms with Crippen molar-refractivity contribution in [2.75, 3.05) is 11.9 Å². The van der Waals surface area contributed by atoms with Crippen LogP contribution in [0.5, 0.6) is 0 Å². The molecule has 0 saturated heterocycles. The Bertz CT molecular complexity index is 650. The van der Waals surface area contributed by atoms with Crippen LogP contribution in [0.4, 0.5) is 5.13 Å². The molecule has 0 atom stereocenters. The summed E-state index contributed by atoms with van der Waals surface area (Å²) >= 11 is 7.66. The SMILES string of the molecule is CN(C(=O)C1(c2cccc(Cl)c2)CCCCC1)c1nccs1. The van der Waals surface area contributed by atoms with Crippen LogP contribution in [0, 0.1) is 0 Å². The number of hydrogen-bond donors (Lipinski definition) is 0. The quantitative estimate of drug-likeness (QED) is 0.817. The minimum Gasteiger partial charge on any atom is -0.290 e. The van der Waals surface area contributed by atoms with Gasteiger partial charge in [-0.3, -0.25) is 9.69 Å². The number of rotatable bonds is 3. The highest BCUT2D eigenvalue weighted by atomic mass is 35.5. The van der Waals surface area contributed by atoms with Crippen LogP contribution in [-0.2, 0) is 10.2 Å². The summed E-state index contributed by atoms with van der Waals surface area (Å²) in [6, 6.07) is 7.77. The fourth-order valence-electron chi connectivity index (χ4n) is 3.36. The molecule has 5 heteroatoms. The highest BCUT2D eigenvalue weighted by Gasteiger charge is 2.43. The van der Waals surface area contributed by atoms with Gasteiger partial charge in [0.25, 0.3) is 0 Å². The van der Waals surface area contributed by atoms with Crippen molar-refractivity contribution in [3.05, 3.63) is 46.4 Å². The number of likely N-dealkylation sites (N-methyl/N-ethyl adjacent to an activating group) is 1. The molecule has 0 bridgehead atoms. The smallest absolute Gasteiger partial charge is 0.239 e. The van der Waals surface area contributed by atoms with Crippen LogP contribution in [0.3, 0.4) is 0 Å². The first-order valence-corrected chi connectivity index (χ1v) is 8.83. The summed E-state index contributed by atoms with van der Waals surface area (Å²) in [6.45, 7) is 0. The van der Waals surface area contributed by atoms with Crippen molar-refractivity contribution < 1.29 is 4.79 Å². The Morgan fingerprint density at radius 1 is 1.32 bits per heavy atom. The van der Waals surface area contributed by atoms with Crippen LogP contribution in [0.2, 0.25) is 5.02 Å². The average molecular weight is 335 g/mol. The van der Waals surface area contributed by atoms with E-state index in [-0.39, 0.29) is 5.91 Å². The van der Waals surface area contributed by atoms with Gasteiger partial charge in [-0.1, -0.05) is 43.0 Å². The number of halogens is 1. The molecule has 1 aliphatic rings. The molecule has 3 rings (SSSR count). The van der Waals surface area contributed by atoms with E-state index in [4.69, 9.17) is 11.6 Å². The van der Waals surface area contributed by atoms with Crippen LogP contribution in [0.1, 0.15) is 37.7 Å². The van der Waals surface area contributed by atoms with Crippen molar-refractivity contribution >= 4 is 34.0 Å². The van der Waals surface area contributed by atoms with Gasteiger partial charge in [-0.25, -0.2) is 4.98 Å². The number of thiazole rings is 1. The number of carbonyl (C=O) groups excluding carboxylic acids is 1. The van der Waals surface area contributed by atoms with Gasteiger partial charge in [0.05, 0.1) is 5.41 Å². The molecule has 0 aliphatic heterocycles. The molecule has 22 heavy (non-hydrogen) atoms. The number of benzene rings is 1. The molecule has 1 aliphatic carbocycles. The molecule has 1 amide bonds. The van der Waals surface area contributed by atoms with Gasteiger partial charge in [0.2, 0.25) is 5.91 Å². The summed E-state index contributed by atoms with van der Waals surface area (Å²) in [5.74, 6) is 0.129. The van der Waals surface area contributed by atoms with Crippen molar-refractivity contribution in [1.29, 1.82) is 0 Å². The summed E-state index contributed by atoms with van der Waals surface area (Å²) in [5.41, 5.74) is 0.567. The van der Waals surface area contributed by atoms with Crippen molar-refractivity contribution in [3.8, 4) is 0 Å². The molecule has 1 saturated carbocycles. The molecule has 0 radical (unpaired) electrons. The van der Waals surface area contributed by atoms with Crippen LogP contribution in [-0.4, -0.2) is 17.9 Å². The normalized spacial score (nSPS) is 17.2. The van der Waals surface area contributed by atoms with Gasteiger partial charge >= 0.3 is 0 Å². The van der Waals surface area contributed by atoms with Gasteiger partial charge in [-0.05, 0) is 30.5 Å². The first-order valence-electron chi connectivity index (χ1n) is 7.57. The number of amides is 1. The van der Waals surface area contributed by atoms with Gasteiger partial charge in [0.15, 0.2) is 5.13 Å². The van der Waals surface area contributed by atoms with E-state index in [1.807, 2.05) is 36.7 Å². The zero-order valence-corrected chi connectivity index (χ0v) is 14.2. The predicted octanol–water partition coefficient (Wildman–Crippen LogP) is 4.66. The fraction of sp³-hybridized carbons (Fsp3) is 0.412. The molecule has 0 spiro atoms. The number of hydrogen-bond acceptors (Lipinski definition) is 3. The Hall–Kier alpha value is -1.39. The number of nitrogens with zero attached hydrogens (tertiary/aromatic N) is 2. The van der Waals surface area contributed by atoms with Crippen LogP contribution < -0.4 is 4.90 Å². The Morgan fingerprint density at radius 3 is 2.73 bits per heavy atom. The average Bonchev–Trinajstić information content (AvgIpc) is 3.08. The standard InChI is InChI=1S/C17H19ClN2OS/c1-20(16-19-10-11-22-16)15(21)17(8-3-2-4-9-17)13-6-5-7-14(18)12-13/h5-7,10-12H,2-4,8-9H2,1H3. The zero-order chi connectivity index (χ0) is 15.6. The van der Waals surface area contributed by atoms with Crippen molar-refractivity contribution in [3.63, 3.8) is 0 Å². The Balaban J connectivity index is 2.00. The van der Waals surface area contributed by atoms with E-state index in [9.17, 15) is 4.79 Å². The third kappa shape index (κ3) is 2.77. The molecule has 0 unspecified atom stereocenters. The molecule has 116 valence electrons. The summed E-state index contributed by atoms with van der Waals surface area (Å²) in [4.78, 5) is 19.3. The number of anilines is 1. The number of aromatic nitrogens is 1. The molecule has 1 fully saturated rings. The molecule has 2 aromatic rings. The molecule has 1 aromatic heterocycles. The maximum Gasteiger partial charge on any atom is 0.239 e. The molecule has 3 nitrogen and oxygen atoms in total. The minimum atomic E-state index is -0.469. The third-order valence-electron chi connectivity index (χ3n) is 4.50. The summed E-state index contributed by atoms with van der Waals surface area (Å²) in [6.07, 6.45) is 6.82. The Morgan fingerprint density at radius 2 is 2.09 bits per heavy atom. The van der Waals surface area contributed by atoms with E-state index < -0.39 is 5.41 Å². The van der Waals surface area contributed by atoms with E-state index in [2.05, 4.69) is 4.98 Å². The van der Waals surface area contributed by atoms with E-state index in [0.717, 1.165) is 36.4 Å². The molecule has 1 heterocycles. The molecule has 0 N–H and O–H groups in total. The van der Waals surface area contributed by atoms with Gasteiger partial charge < -0.3 is 0 Å². The number of carbonyl (C=O) groups is 1. The maximum atomic E-state index is 13.3. The van der Waals surface area contributed by atoms with Crippen LogP contribution in [0.25, 0.3) is 0 Å². The lowest BCUT2D eigenvalue weighted by Crippen LogP contribution is -2.46. The minimum absolute atomic E-state index is 0.129. The Kier molecular flexibility index (Phi) is 4.50. The van der Waals surface area contributed by atoms with E-state index >= 15 is 0 Å². The first kappa shape index (κ1) is 15.5. The lowest BCUT2D eigenvalue weighted by molar-refractivity contribution is -0.125. The fourth-order valence-corrected chi connectivity index (χ4v) is 4.15. The largest absolute Gasteiger partial charge is 0.290 e. The first-order chi connectivity index (χ1) is 10.6. The van der Waals surface area contributed by atoms with Gasteiger partial charge in [0, 0.05) is 23.6 Å². The van der Waals surface area contributed by atoms with Gasteiger partial charge in [-0.15, -0.1) is 11.3 Å². The second-order valence-electron chi connectivity index (χ2n) is 5.83.